The number of nitrogens with two attached hydrogens (primary N) is 3. The summed E-state index contributed by atoms with van der Waals surface area (Å²) in [5.74, 6) is -25.2. The van der Waals surface area contributed by atoms with Gasteiger partial charge in [-0.3, -0.25) is 101 Å². The molecule has 8 unspecified atom stereocenters. The van der Waals surface area contributed by atoms with Crippen molar-refractivity contribution in [3.8, 4) is 0 Å². The van der Waals surface area contributed by atoms with Gasteiger partial charge in [0.05, 0.1) is 73.4 Å². The fourth-order valence-corrected chi connectivity index (χ4v) is 18.3. The van der Waals surface area contributed by atoms with Crippen LogP contribution in [0.2, 0.25) is 0 Å². The first-order chi connectivity index (χ1) is 64.7. The summed E-state index contributed by atoms with van der Waals surface area (Å²) in [7, 11) is 0. The van der Waals surface area contributed by atoms with E-state index in [0.29, 0.717) is 55.8 Å². The van der Waals surface area contributed by atoms with Crippen molar-refractivity contribution in [2.45, 2.75) is 235 Å². The largest absolute Gasteiger partial charge is 1.00 e. The third kappa shape index (κ3) is 33.2. The number of aliphatic hydroxyl groups is 2. The summed E-state index contributed by atoms with van der Waals surface area (Å²) in [4.78, 5) is 302. The van der Waals surface area contributed by atoms with E-state index in [4.69, 9.17) is 36.1 Å². The van der Waals surface area contributed by atoms with E-state index in [1.54, 1.807) is 76.2 Å². The molecule has 0 saturated carbocycles. The second-order valence-electron chi connectivity index (χ2n) is 34.1. The topological polar surface area (TPSA) is 734 Å². The first-order valence-corrected chi connectivity index (χ1v) is 46.2. The molecule has 5 aliphatic rings. The molecular weight excluding hydrogens is 1890 g/mol. The Morgan fingerprint density at radius 1 is 0.547 bits per heavy atom. The van der Waals surface area contributed by atoms with Crippen LogP contribution in [0.25, 0.3) is 21.8 Å². The molecule has 2 aromatic heterocycles. The van der Waals surface area contributed by atoms with Gasteiger partial charge >= 0.3 is 81.2 Å². The number of carboxylic acids is 1. The van der Waals surface area contributed by atoms with Gasteiger partial charge in [0.25, 0.3) is 0 Å². The number of fused-ring (bicyclic) bond motifs is 8. The Morgan fingerprint density at radius 2 is 1.04 bits per heavy atom. The first-order valence-electron chi connectivity index (χ1n) is 44.3. The second-order valence-corrected chi connectivity index (χ2v) is 36.2. The van der Waals surface area contributed by atoms with Crippen molar-refractivity contribution in [2.24, 2.45) is 46.8 Å². The number of Topliss-reactive ketones (excluding diaryl/α,β-unsaturated/α-hetero) is 1. The number of hydrogen-bond donors (Lipinski definition) is 20. The molecule has 2 fully saturated rings. The van der Waals surface area contributed by atoms with Crippen LogP contribution in [0.15, 0.2) is 58.6 Å². The number of para-hydroxylation sites is 2. The summed E-state index contributed by atoms with van der Waals surface area (Å²) in [6.07, 6.45) is -7.83. The predicted octanol–water partition coefficient (Wildman–Crippen LogP) is -8.24. The van der Waals surface area contributed by atoms with Gasteiger partial charge in [-0.1, -0.05) is 98.2 Å². The molecule has 0 aliphatic carbocycles. The number of β-amino-alcohol motifs (C(OH)–C–C–N with tert-alkyl or cyclic N) is 1. The van der Waals surface area contributed by atoms with Crippen molar-refractivity contribution < 1.29 is 193 Å². The molecular formula is C88H124KN19O29S2. The average Bonchev–Trinajstić information content (AvgIpc) is 1.64. The van der Waals surface area contributed by atoms with Gasteiger partial charge in [-0.2, -0.15) is 0 Å². The number of rotatable bonds is 24. The molecule has 51 heteroatoms. The number of aliphatic carboxylic acids is 1. The molecule has 2 bridgehead atoms. The maximum Gasteiger partial charge on any atom is 1.00 e. The van der Waals surface area contributed by atoms with Crippen molar-refractivity contribution in [2.75, 3.05) is 64.0 Å². The molecule has 5 aliphatic heterocycles. The number of aromatic amines is 2. The van der Waals surface area contributed by atoms with Crippen molar-refractivity contribution in [3.05, 3.63) is 59.7 Å². The molecule has 0 radical (unpaired) electrons. The third-order valence-electron chi connectivity index (χ3n) is 23.7. The van der Waals surface area contributed by atoms with E-state index in [1.807, 2.05) is 0 Å². The van der Waals surface area contributed by atoms with Gasteiger partial charge in [0, 0.05) is 111 Å². The van der Waals surface area contributed by atoms with Crippen LogP contribution in [0.5, 0.6) is 0 Å². The van der Waals surface area contributed by atoms with Crippen LogP contribution in [0.3, 0.4) is 0 Å². The molecule has 48 nitrogen and oxygen atoms in total. The van der Waals surface area contributed by atoms with E-state index in [9.17, 15) is 121 Å². The summed E-state index contributed by atoms with van der Waals surface area (Å²) in [5.41, 5.74) is 19.7. The fraction of sp³-hybridized carbons (Fsp3) is 0.568. The van der Waals surface area contributed by atoms with E-state index in [1.165, 1.54) is 13.8 Å². The van der Waals surface area contributed by atoms with Gasteiger partial charge in [-0.05, 0) is 47.9 Å². The Hall–Kier alpha value is -11.7. The number of likely N-dealkylation sites (tertiary alicyclic amines) is 1. The van der Waals surface area contributed by atoms with Crippen molar-refractivity contribution in [1.29, 1.82) is 0 Å². The Balaban J connectivity index is 0.000000483. The third-order valence-corrected chi connectivity index (χ3v) is 26.0. The minimum atomic E-state index is -1.82. The van der Waals surface area contributed by atoms with Crippen LogP contribution in [0, 0.1) is 29.6 Å². The van der Waals surface area contributed by atoms with Crippen molar-refractivity contribution in [3.63, 3.8) is 0 Å². The molecule has 20 atom stereocenters. The number of esters is 4. The van der Waals surface area contributed by atoms with Gasteiger partial charge < -0.3 is 136 Å². The number of amides is 16. The van der Waals surface area contributed by atoms with Crippen LogP contribution < -0.4 is 132 Å². The van der Waals surface area contributed by atoms with Gasteiger partial charge in [-0.25, -0.2) is 4.79 Å². The van der Waals surface area contributed by atoms with Crippen LogP contribution in [0.1, 0.15) is 134 Å². The Bertz CT molecular complexity index is 5240. The molecule has 16 amide bonds. The summed E-state index contributed by atoms with van der Waals surface area (Å²) < 4.78 is 20.8. The number of H-pyrrole nitrogens is 2. The molecule has 7 heterocycles. The minimum absolute atomic E-state index is 0. The van der Waals surface area contributed by atoms with E-state index in [2.05, 4.69) is 73.8 Å². The number of carboxylic acid groups (broad SMARTS) is 1. The fourth-order valence-electron chi connectivity index (χ4n) is 16.0. The number of thioether (sulfide) groups is 2. The van der Waals surface area contributed by atoms with Gasteiger partial charge in [0.1, 0.15) is 79.8 Å². The van der Waals surface area contributed by atoms with Crippen LogP contribution >= 0.6 is 23.5 Å². The predicted molar refractivity (Wildman–Crippen MR) is 491 cm³/mol. The zero-order valence-corrected chi connectivity index (χ0v) is 82.8. The number of ketones is 1. The Kier molecular flexibility index (Phi) is 45.2. The summed E-state index contributed by atoms with van der Waals surface area (Å²) in [5, 5.41) is 63.9. The number of primary amides is 2. The molecule has 23 N–H and O–H groups in total. The van der Waals surface area contributed by atoms with Crippen LogP contribution in [-0.2, 0) is 137 Å². The summed E-state index contributed by atoms with van der Waals surface area (Å²) in [6.45, 7) is 9.38. The molecule has 139 heavy (non-hydrogen) atoms. The number of aliphatic hydroxyl groups excluding tert-OH is 2. The summed E-state index contributed by atoms with van der Waals surface area (Å²) >= 11 is 2.06. The van der Waals surface area contributed by atoms with Crippen molar-refractivity contribution in [1.82, 2.24) is 83.6 Å². The van der Waals surface area contributed by atoms with Crippen molar-refractivity contribution >= 4 is 175 Å². The van der Waals surface area contributed by atoms with Gasteiger partial charge in [0.15, 0.2) is 5.78 Å². The number of hydrogen-bond acceptors (Lipinski definition) is 31. The van der Waals surface area contributed by atoms with E-state index < -0.39 is 329 Å². The normalized spacial score (nSPS) is 24.2. The van der Waals surface area contributed by atoms with Crippen LogP contribution in [-0.4, -0.2) is 320 Å². The zero-order chi connectivity index (χ0) is 101. The molecule has 0 spiro atoms. The number of nitrogens with zero attached hydrogens (tertiary/aromatic N) is 2. The average molecular weight is 2020 g/mol. The molecule has 2 aromatic carbocycles. The zero-order valence-electron chi connectivity index (χ0n) is 79.0. The number of nitrogens with one attached hydrogen (secondary N) is 14. The molecule has 2 saturated heterocycles. The number of carbonyl (C=O) groups is 22. The Labute approximate surface area is 851 Å². The van der Waals surface area contributed by atoms with Crippen LogP contribution in [0.4, 0.5) is 0 Å². The standard InChI is InChI=1S/C44H59N9O14S.C43H60N10O15S.CH4.K.H/c1-6-20(2)37-42(64)47-15-35(59)48-30-19-68-43-27(26-9-7-8-10-28(26)50-43)11-24(39(61)46-16-36(60)51-37)12-32(57)38(21(3)33(67-23(5)55)18-66-22(4)54)52-41(63)31-13-25(56)17-53(31)44(65)29(14-34(45)58)49-40(30)62;1-6-19(2)35-40(63)47-14-33(58)48-29(18-69-41-25(24-9-7-8-10-27(24)50-41)12-26(44)37(60)46-15-34(59)51-35)38(61)49-28(13-32(45)57)42(64)53-16-23(56)11-30(53)39(62)52-36(43(65)66)20(3)31(68-22(5)55)17-67-21(4)54;;;/h7-10,20-21,24-25,29-31,33,37-38,50,56H,6,11-19H2,1-5H3,(H2,45,58)(H,46,61)(H,47,64)(H,48,59)(H,49,62)(H,51,60)(H,52,63);7-10,19-20,23,26,28-31,35-36,50,56H,6,11-18,44H2,1-5H3,(H2,45,57)(H,46,60)(H,47,63)(H,48,58)(H,49,61)(H,51,59)(H,52,62)(H,65,66);1H4;;/q;;;+1;-1/t20-,21-,24?,25?,29?,30?,31-,33-,37-,38-;19-,20-,23?,26?,28?,29?,30-,31-,35-,36-;;;/m00.../s1. The summed E-state index contributed by atoms with van der Waals surface area (Å²) in [6, 6.07) is -2.63. The smallest absolute Gasteiger partial charge is 1.00 e. The minimum Gasteiger partial charge on any atom is -1.00 e. The molecule has 758 valence electrons. The number of benzene rings is 2. The first kappa shape index (κ1) is 116. The Morgan fingerprint density at radius 3 is 1.55 bits per heavy atom. The number of carbonyl (C=O) groups excluding carboxylic acids is 21. The molecule has 9 rings (SSSR count). The van der Waals surface area contributed by atoms with Gasteiger partial charge in [-0.15, -0.1) is 23.5 Å². The quantitative estimate of drug-likeness (QED) is 0.0176. The monoisotopic (exact) mass is 2010 g/mol. The number of ether oxygens (including phenoxy) is 4. The second kappa shape index (κ2) is 54.2. The van der Waals surface area contributed by atoms with E-state index in [-0.39, 0.29) is 91.0 Å². The SMILES string of the molecule is C.CC[C@H](C)[C@@H]1NC(=O)CNC(=O)C(N)Cc2c([nH]c3ccccc23)SCC(C(=O)NC(CC(N)=O)C(=O)N2CC(O)C[C@H]2C(=O)N[C@H](C(=O)O)[C@@H](C)[C@H](COC(C)=O)OC(C)=O)NC(=O)CNC1=O.CC[C@H](C)[C@@H]1NC(=O)CNC(=O)C2CC(=O)[C@H]([C@@H](C)[C@H](COC(C)=O)OC(C)=O)NC(=O)[C@@H]3CC(O)CN3C(=O)C(CC(N)=O)NC(=O)C(CSc3[nH]c4ccccc4c3C2)NC(=O)CNC1=O.[H-].[K+]. The van der Waals surface area contributed by atoms with E-state index in [0.717, 1.165) is 61.0 Å². The number of aromatic nitrogens is 2. The maximum absolute atomic E-state index is 15.0. The van der Waals surface area contributed by atoms with E-state index >= 15 is 0 Å². The molecule has 4 aromatic rings. The van der Waals surface area contributed by atoms with Gasteiger partial charge in [0.2, 0.25) is 94.5 Å². The maximum atomic E-state index is 15.0.